The van der Waals surface area contributed by atoms with E-state index in [0.717, 1.165) is 40.9 Å². The zero-order chi connectivity index (χ0) is 19.2. The summed E-state index contributed by atoms with van der Waals surface area (Å²) in [6.45, 7) is 9.14. The van der Waals surface area contributed by atoms with Gasteiger partial charge >= 0.3 is 0 Å². The summed E-state index contributed by atoms with van der Waals surface area (Å²) in [7, 11) is 0. The molecule has 0 saturated carbocycles. The summed E-state index contributed by atoms with van der Waals surface area (Å²) >= 11 is 3.69. The molecule has 3 nitrogen and oxygen atoms in total. The zero-order valence-corrected chi connectivity index (χ0v) is 18.0. The number of hydrogen-bond donors (Lipinski definition) is 0. The minimum absolute atomic E-state index is 0.176. The Morgan fingerprint density at radius 2 is 1.89 bits per heavy atom. The van der Waals surface area contributed by atoms with Gasteiger partial charge in [0.1, 0.15) is 5.60 Å². The predicted molar refractivity (Wildman–Crippen MR) is 114 cm³/mol. The highest BCUT2D eigenvalue weighted by atomic mass is 79.9. The Morgan fingerprint density at radius 1 is 1.15 bits per heavy atom. The first-order valence-electron chi connectivity index (χ1n) is 9.58. The van der Waals surface area contributed by atoms with E-state index in [1.54, 1.807) is 0 Å². The van der Waals surface area contributed by atoms with Gasteiger partial charge in [0.15, 0.2) is 11.5 Å². The normalized spacial score (nSPS) is 22.5. The Balaban J connectivity index is 1.98. The standard InChI is InChI=1S/C23H26BrNO2/c1-5-26-18-11-16-12-23(4,14-24)25-20(15-9-7-6-8-10-15)19(16)17-13-22(2,3)27-21(17)18/h6-11H,5,12-14H2,1-4H3. The lowest BCUT2D eigenvalue weighted by Gasteiger charge is -2.32. The number of fused-ring (bicyclic) bond motifs is 3. The summed E-state index contributed by atoms with van der Waals surface area (Å²) < 4.78 is 12.3. The van der Waals surface area contributed by atoms with E-state index in [9.17, 15) is 0 Å². The summed E-state index contributed by atoms with van der Waals surface area (Å²) in [5.74, 6) is 1.76. The second kappa shape index (κ2) is 6.66. The second-order valence-electron chi connectivity index (χ2n) is 8.32. The predicted octanol–water partition coefficient (Wildman–Crippen LogP) is 5.35. The molecule has 142 valence electrons. The lowest BCUT2D eigenvalue weighted by atomic mass is 9.81. The fraction of sp³-hybridized carbons (Fsp3) is 0.435. The molecule has 2 aliphatic heterocycles. The van der Waals surface area contributed by atoms with Crippen LogP contribution in [0.5, 0.6) is 11.5 Å². The van der Waals surface area contributed by atoms with Crippen molar-refractivity contribution in [3.8, 4) is 11.5 Å². The molecule has 0 aromatic heterocycles. The van der Waals surface area contributed by atoms with Gasteiger partial charge in [0.2, 0.25) is 0 Å². The molecule has 0 spiro atoms. The molecule has 2 aliphatic rings. The Hall–Kier alpha value is -1.81. The Kier molecular flexibility index (Phi) is 4.58. The van der Waals surface area contributed by atoms with Gasteiger partial charge in [-0.25, -0.2) is 0 Å². The minimum atomic E-state index is -0.235. The van der Waals surface area contributed by atoms with E-state index in [-0.39, 0.29) is 11.1 Å². The topological polar surface area (TPSA) is 30.8 Å². The molecule has 2 aromatic carbocycles. The van der Waals surface area contributed by atoms with Gasteiger partial charge in [-0.3, -0.25) is 4.99 Å². The van der Waals surface area contributed by atoms with Crippen molar-refractivity contribution in [1.82, 2.24) is 0 Å². The van der Waals surface area contributed by atoms with Gasteiger partial charge in [0.25, 0.3) is 0 Å². The van der Waals surface area contributed by atoms with E-state index in [2.05, 4.69) is 67.0 Å². The van der Waals surface area contributed by atoms with Gasteiger partial charge in [-0.1, -0.05) is 46.3 Å². The molecular formula is C23H26BrNO2. The molecule has 0 N–H and O–H groups in total. The SMILES string of the molecule is CCOc1cc2c(c3c1OC(C)(C)C3)C(c1ccccc1)=NC(C)(CBr)C2. The molecule has 27 heavy (non-hydrogen) atoms. The summed E-state index contributed by atoms with van der Waals surface area (Å²) in [5.41, 5.74) is 5.59. The number of benzene rings is 2. The fourth-order valence-electron chi connectivity index (χ4n) is 4.13. The first kappa shape index (κ1) is 18.5. The molecule has 1 atom stereocenters. The van der Waals surface area contributed by atoms with Crippen molar-refractivity contribution in [2.45, 2.75) is 51.7 Å². The number of halogens is 1. The molecule has 2 aromatic rings. The average Bonchev–Trinajstić information content (AvgIpc) is 2.97. The van der Waals surface area contributed by atoms with Gasteiger partial charge in [-0.15, -0.1) is 0 Å². The van der Waals surface area contributed by atoms with Crippen molar-refractivity contribution >= 4 is 21.6 Å². The van der Waals surface area contributed by atoms with Crippen LogP contribution >= 0.6 is 15.9 Å². The maximum atomic E-state index is 6.32. The second-order valence-corrected chi connectivity index (χ2v) is 8.88. The molecule has 0 radical (unpaired) electrons. The van der Waals surface area contributed by atoms with Crippen LogP contribution in [0.1, 0.15) is 49.9 Å². The van der Waals surface area contributed by atoms with Crippen molar-refractivity contribution in [3.63, 3.8) is 0 Å². The van der Waals surface area contributed by atoms with E-state index in [1.807, 2.05) is 13.0 Å². The Bertz CT molecular complexity index is 904. The van der Waals surface area contributed by atoms with E-state index in [0.29, 0.717) is 6.61 Å². The van der Waals surface area contributed by atoms with Crippen LogP contribution in [0.15, 0.2) is 41.4 Å². The summed E-state index contributed by atoms with van der Waals surface area (Å²) in [6.07, 6.45) is 1.75. The number of rotatable bonds is 4. The third-order valence-electron chi connectivity index (χ3n) is 5.23. The maximum Gasteiger partial charge on any atom is 0.166 e. The zero-order valence-electron chi connectivity index (χ0n) is 16.4. The summed E-state index contributed by atoms with van der Waals surface area (Å²) in [5, 5.41) is 0.818. The fourth-order valence-corrected chi connectivity index (χ4v) is 4.45. The molecule has 0 saturated heterocycles. The van der Waals surface area contributed by atoms with Gasteiger partial charge in [0, 0.05) is 28.4 Å². The van der Waals surface area contributed by atoms with Crippen LogP contribution in [0.2, 0.25) is 0 Å². The summed E-state index contributed by atoms with van der Waals surface area (Å²) in [6, 6.07) is 12.7. The Labute approximate surface area is 169 Å². The van der Waals surface area contributed by atoms with Gasteiger partial charge in [-0.05, 0) is 45.7 Å². The van der Waals surface area contributed by atoms with Crippen molar-refractivity contribution in [2.75, 3.05) is 11.9 Å². The lowest BCUT2D eigenvalue weighted by Crippen LogP contribution is -2.34. The van der Waals surface area contributed by atoms with Crippen LogP contribution in [-0.2, 0) is 12.8 Å². The van der Waals surface area contributed by atoms with Gasteiger partial charge in [0.05, 0.1) is 17.9 Å². The maximum absolute atomic E-state index is 6.32. The molecule has 4 heteroatoms. The molecule has 0 fully saturated rings. The average molecular weight is 428 g/mol. The van der Waals surface area contributed by atoms with Crippen molar-refractivity contribution in [2.24, 2.45) is 4.99 Å². The van der Waals surface area contributed by atoms with E-state index < -0.39 is 0 Å². The van der Waals surface area contributed by atoms with E-state index >= 15 is 0 Å². The lowest BCUT2D eigenvalue weighted by molar-refractivity contribution is 0.132. The number of nitrogens with zero attached hydrogens (tertiary/aromatic N) is 1. The van der Waals surface area contributed by atoms with Crippen LogP contribution in [0.4, 0.5) is 0 Å². The highest BCUT2D eigenvalue weighted by Gasteiger charge is 2.40. The highest BCUT2D eigenvalue weighted by Crippen LogP contribution is 2.48. The number of hydrogen-bond acceptors (Lipinski definition) is 3. The van der Waals surface area contributed by atoms with Gasteiger partial charge < -0.3 is 9.47 Å². The first-order chi connectivity index (χ1) is 12.9. The smallest absolute Gasteiger partial charge is 0.166 e. The van der Waals surface area contributed by atoms with Gasteiger partial charge in [-0.2, -0.15) is 0 Å². The Morgan fingerprint density at radius 3 is 2.56 bits per heavy atom. The quantitative estimate of drug-likeness (QED) is 0.615. The monoisotopic (exact) mass is 427 g/mol. The van der Waals surface area contributed by atoms with Crippen LogP contribution in [0.3, 0.4) is 0 Å². The third kappa shape index (κ3) is 3.29. The molecule has 1 unspecified atom stereocenters. The molecule has 0 aliphatic carbocycles. The molecule has 2 heterocycles. The van der Waals surface area contributed by atoms with Crippen LogP contribution in [-0.4, -0.2) is 28.8 Å². The van der Waals surface area contributed by atoms with E-state index in [4.69, 9.17) is 14.5 Å². The molecule has 0 amide bonds. The summed E-state index contributed by atoms with van der Waals surface area (Å²) in [4.78, 5) is 5.22. The number of aliphatic imine (C=N–C) groups is 1. The largest absolute Gasteiger partial charge is 0.490 e. The van der Waals surface area contributed by atoms with Crippen LogP contribution in [0, 0.1) is 0 Å². The van der Waals surface area contributed by atoms with Crippen LogP contribution in [0.25, 0.3) is 0 Å². The molecular weight excluding hydrogens is 402 g/mol. The number of alkyl halides is 1. The first-order valence-corrected chi connectivity index (χ1v) is 10.7. The van der Waals surface area contributed by atoms with Crippen molar-refractivity contribution in [3.05, 3.63) is 58.7 Å². The number of ether oxygens (including phenoxy) is 2. The minimum Gasteiger partial charge on any atom is -0.490 e. The van der Waals surface area contributed by atoms with Crippen molar-refractivity contribution in [1.29, 1.82) is 0 Å². The highest BCUT2D eigenvalue weighted by molar-refractivity contribution is 9.09. The van der Waals surface area contributed by atoms with E-state index in [1.165, 1.54) is 16.7 Å². The van der Waals surface area contributed by atoms with Crippen molar-refractivity contribution < 1.29 is 9.47 Å². The van der Waals surface area contributed by atoms with Crippen LogP contribution < -0.4 is 9.47 Å². The molecule has 4 rings (SSSR count). The third-order valence-corrected chi connectivity index (χ3v) is 6.44. The molecule has 0 bridgehead atoms.